The second-order valence-electron chi connectivity index (χ2n) is 13.6. The Hall–Kier alpha value is -2.12. The van der Waals surface area contributed by atoms with Crippen molar-refractivity contribution >= 4 is 21.4 Å². The summed E-state index contributed by atoms with van der Waals surface area (Å²) in [5, 5.41) is 1.32. The molecule has 1 saturated heterocycles. The van der Waals surface area contributed by atoms with Crippen molar-refractivity contribution < 1.29 is 18.9 Å². The highest BCUT2D eigenvalue weighted by atomic mass is 32.1. The van der Waals surface area contributed by atoms with Gasteiger partial charge in [0.05, 0.1) is 13.7 Å². The maximum absolute atomic E-state index is 7.08. The lowest BCUT2D eigenvalue weighted by molar-refractivity contribution is -0.207. The second kappa shape index (κ2) is 9.70. The number of likely N-dealkylation sites (tertiary alicyclic amines) is 1. The fraction of sp³-hybridized carbons (Fsp3) is 0.600. The minimum absolute atomic E-state index is 0.00384. The third-order valence-electron chi connectivity index (χ3n) is 11.6. The normalized spacial score (nSPS) is 33.5. The van der Waals surface area contributed by atoms with Crippen LogP contribution in [0.4, 0.5) is 0 Å². The summed E-state index contributed by atoms with van der Waals surface area (Å²) >= 11 is 1.86. The Morgan fingerprint density at radius 1 is 1.07 bits per heavy atom. The van der Waals surface area contributed by atoms with Crippen molar-refractivity contribution in [2.24, 2.45) is 11.3 Å². The van der Waals surface area contributed by atoms with Crippen LogP contribution in [0.5, 0.6) is 11.5 Å². The summed E-state index contributed by atoms with van der Waals surface area (Å²) in [6, 6.07) is 15.9. The third kappa shape index (κ3) is 3.83. The molecule has 0 amide bonds. The van der Waals surface area contributed by atoms with Gasteiger partial charge in [-0.2, -0.15) is 0 Å². The fourth-order valence-corrected chi connectivity index (χ4v) is 10.5. The molecule has 2 aromatic carbocycles. The van der Waals surface area contributed by atoms with E-state index in [1.165, 1.54) is 58.3 Å². The van der Waals surface area contributed by atoms with E-state index in [-0.39, 0.29) is 22.5 Å². The van der Waals surface area contributed by atoms with Gasteiger partial charge in [-0.1, -0.05) is 24.3 Å². The Labute approximate surface area is 248 Å². The van der Waals surface area contributed by atoms with Gasteiger partial charge in [-0.25, -0.2) is 0 Å². The van der Waals surface area contributed by atoms with E-state index in [1.54, 1.807) is 7.11 Å². The van der Waals surface area contributed by atoms with E-state index in [9.17, 15) is 0 Å². The molecule has 5 atom stereocenters. The number of nitrogens with zero attached hydrogens (tertiary/aromatic N) is 1. The molecule has 2 bridgehead atoms. The largest absolute Gasteiger partial charge is 0.493 e. The molecular formula is C35H43NO4S. The topological polar surface area (TPSA) is 40.2 Å². The standard InChI is InChI=1S/C35H43NO4S/c1-33(38-3)14-15-34(13-6-18-39-22-26-19-24-7-4-5-8-28(24)41-26)29-20-25-11-12-27(37-2)31-30(25)35(34,32(33)40-31)16-17-36(29)21-23-9-10-23/h4-5,7-8,11-12,19,23,29,32H,6,9-10,13-18,20-22H2,1-3H3/t29-,32+,33+,34+,35+/m1/s1. The van der Waals surface area contributed by atoms with Crippen LogP contribution in [0.1, 0.15) is 67.9 Å². The van der Waals surface area contributed by atoms with E-state index in [0.717, 1.165) is 56.3 Å². The molecular weight excluding hydrogens is 530 g/mol. The molecule has 0 radical (unpaired) electrons. The zero-order chi connectivity index (χ0) is 27.8. The van der Waals surface area contributed by atoms with Gasteiger partial charge in [0.15, 0.2) is 11.5 Å². The van der Waals surface area contributed by atoms with E-state index < -0.39 is 0 Å². The molecule has 8 rings (SSSR count). The first-order valence-electron chi connectivity index (χ1n) is 15.7. The van der Waals surface area contributed by atoms with Gasteiger partial charge >= 0.3 is 0 Å². The van der Waals surface area contributed by atoms with E-state index in [1.807, 2.05) is 18.4 Å². The van der Waals surface area contributed by atoms with Gasteiger partial charge < -0.3 is 18.9 Å². The maximum Gasteiger partial charge on any atom is 0.165 e. The van der Waals surface area contributed by atoms with Crippen molar-refractivity contribution in [3.63, 3.8) is 0 Å². The highest BCUT2D eigenvalue weighted by molar-refractivity contribution is 7.19. The summed E-state index contributed by atoms with van der Waals surface area (Å²) in [5.41, 5.74) is 2.71. The Kier molecular flexibility index (Phi) is 6.27. The summed E-state index contributed by atoms with van der Waals surface area (Å²) in [5.74, 6) is 2.77. The van der Waals surface area contributed by atoms with Crippen molar-refractivity contribution in [1.82, 2.24) is 4.90 Å². The van der Waals surface area contributed by atoms with Crippen molar-refractivity contribution in [2.45, 2.75) is 88.1 Å². The molecule has 3 heterocycles. The Morgan fingerprint density at radius 3 is 2.76 bits per heavy atom. The van der Waals surface area contributed by atoms with Crippen molar-refractivity contribution in [3.05, 3.63) is 58.5 Å². The van der Waals surface area contributed by atoms with Gasteiger partial charge in [0.2, 0.25) is 0 Å². The minimum Gasteiger partial charge on any atom is -0.493 e. The molecule has 1 spiro atoms. The predicted octanol–water partition coefficient (Wildman–Crippen LogP) is 7.13. The quantitative estimate of drug-likeness (QED) is 0.241. The van der Waals surface area contributed by atoms with E-state index in [2.05, 4.69) is 54.3 Å². The predicted molar refractivity (Wildman–Crippen MR) is 163 cm³/mol. The molecule has 218 valence electrons. The zero-order valence-electron chi connectivity index (χ0n) is 24.7. The third-order valence-corrected chi connectivity index (χ3v) is 12.7. The number of benzene rings is 2. The van der Waals surface area contributed by atoms with Crippen molar-refractivity contribution in [1.29, 1.82) is 0 Å². The maximum atomic E-state index is 7.08. The van der Waals surface area contributed by atoms with Gasteiger partial charge in [0.25, 0.3) is 0 Å². The van der Waals surface area contributed by atoms with Crippen LogP contribution in [0.3, 0.4) is 0 Å². The summed E-state index contributed by atoms with van der Waals surface area (Å²) in [6.45, 7) is 6.21. The first-order valence-corrected chi connectivity index (χ1v) is 16.5. The zero-order valence-corrected chi connectivity index (χ0v) is 25.6. The Balaban J connectivity index is 1.12. The van der Waals surface area contributed by atoms with Gasteiger partial charge in [0.1, 0.15) is 11.7 Å². The van der Waals surface area contributed by atoms with Crippen molar-refractivity contribution in [2.75, 3.05) is 33.9 Å². The van der Waals surface area contributed by atoms with Gasteiger partial charge in [-0.05, 0) is 105 Å². The molecule has 2 saturated carbocycles. The van der Waals surface area contributed by atoms with Crippen LogP contribution in [0.15, 0.2) is 42.5 Å². The minimum atomic E-state index is -0.316. The van der Waals surface area contributed by atoms with Crippen LogP contribution >= 0.6 is 11.3 Å². The number of ether oxygens (including phenoxy) is 4. The van der Waals surface area contributed by atoms with Crippen LogP contribution in [0.25, 0.3) is 10.1 Å². The Bertz CT molecular complexity index is 1430. The first kappa shape index (κ1) is 26.5. The van der Waals surface area contributed by atoms with Crippen LogP contribution in [0.2, 0.25) is 0 Å². The molecule has 0 N–H and O–H groups in total. The lowest BCUT2D eigenvalue weighted by Crippen LogP contribution is -2.75. The van der Waals surface area contributed by atoms with Crippen LogP contribution in [-0.2, 0) is 27.9 Å². The van der Waals surface area contributed by atoms with Crippen molar-refractivity contribution in [3.8, 4) is 11.5 Å². The number of fused-ring (bicyclic) bond motifs is 1. The monoisotopic (exact) mass is 573 g/mol. The average molecular weight is 574 g/mol. The summed E-state index contributed by atoms with van der Waals surface area (Å²) in [6.07, 6.45) is 9.50. The number of thiophene rings is 1. The lowest BCUT2D eigenvalue weighted by Gasteiger charge is -2.68. The number of piperidine rings is 1. The van der Waals surface area contributed by atoms with E-state index >= 15 is 0 Å². The molecule has 41 heavy (non-hydrogen) atoms. The molecule has 1 aromatic heterocycles. The van der Waals surface area contributed by atoms with E-state index in [4.69, 9.17) is 18.9 Å². The number of hydrogen-bond donors (Lipinski definition) is 0. The smallest absolute Gasteiger partial charge is 0.165 e. The van der Waals surface area contributed by atoms with Crippen LogP contribution in [-0.4, -0.2) is 56.6 Å². The number of hydrogen-bond acceptors (Lipinski definition) is 6. The summed E-state index contributed by atoms with van der Waals surface area (Å²) in [4.78, 5) is 4.22. The molecule has 5 aliphatic rings. The van der Waals surface area contributed by atoms with Crippen LogP contribution in [0, 0.1) is 11.3 Å². The van der Waals surface area contributed by atoms with Gasteiger partial charge in [-0.3, -0.25) is 4.90 Å². The SMILES string of the molecule is COc1ccc2c3c1O[C@@H]1[C@]34CCN(CC3CC3)[C@H](C2)[C@]4(CCCOCc2cc3ccccc3s2)CC[C@]1(C)OC. The van der Waals surface area contributed by atoms with Crippen LogP contribution < -0.4 is 9.47 Å². The van der Waals surface area contributed by atoms with Gasteiger partial charge in [-0.15, -0.1) is 11.3 Å². The highest BCUT2D eigenvalue weighted by Gasteiger charge is 2.74. The average Bonchev–Trinajstić information content (AvgIpc) is 3.59. The molecule has 0 unspecified atom stereocenters. The first-order chi connectivity index (χ1) is 20.0. The number of rotatable bonds is 10. The molecule has 6 heteroatoms. The fourth-order valence-electron chi connectivity index (χ4n) is 9.54. The summed E-state index contributed by atoms with van der Waals surface area (Å²) < 4.78 is 27.1. The Morgan fingerprint density at radius 2 is 1.95 bits per heavy atom. The lowest BCUT2D eigenvalue weighted by atomic mass is 9.40. The van der Waals surface area contributed by atoms with E-state index in [0.29, 0.717) is 12.6 Å². The highest BCUT2D eigenvalue weighted by Crippen LogP contribution is 2.72. The number of methoxy groups -OCH3 is 2. The van der Waals surface area contributed by atoms with Gasteiger partial charge in [0, 0.05) is 46.9 Å². The second-order valence-corrected chi connectivity index (χ2v) is 14.8. The summed E-state index contributed by atoms with van der Waals surface area (Å²) in [7, 11) is 3.67. The molecule has 5 nitrogen and oxygen atoms in total. The molecule has 2 aliphatic heterocycles. The molecule has 3 aliphatic carbocycles. The molecule has 3 fully saturated rings. The molecule has 3 aromatic rings.